The van der Waals surface area contributed by atoms with E-state index < -0.39 is 30.1 Å². The van der Waals surface area contributed by atoms with Gasteiger partial charge >= 0.3 is 11.9 Å². The molecule has 0 spiro atoms. The van der Waals surface area contributed by atoms with Crippen molar-refractivity contribution in [2.75, 3.05) is 6.54 Å². The summed E-state index contributed by atoms with van der Waals surface area (Å²) < 4.78 is 0. The minimum Gasteiger partial charge on any atom is -0.480 e. The lowest BCUT2D eigenvalue weighted by Crippen LogP contribution is -2.39. The Morgan fingerprint density at radius 2 is 1.61 bits per heavy atom. The van der Waals surface area contributed by atoms with Gasteiger partial charge in [-0.05, 0) is 26.3 Å². The van der Waals surface area contributed by atoms with Gasteiger partial charge < -0.3 is 32.5 Å². The SMILES string of the molecule is C[C@H](O)[C@@H](N)C(=O)O.NCCCC[C@H](N)C(=O)O. The maximum atomic E-state index is 10.1. The van der Waals surface area contributed by atoms with Crippen molar-refractivity contribution in [3.63, 3.8) is 0 Å². The fourth-order valence-electron chi connectivity index (χ4n) is 0.838. The van der Waals surface area contributed by atoms with Crippen molar-refractivity contribution in [3.05, 3.63) is 0 Å². The van der Waals surface area contributed by atoms with Crippen LogP contribution in [0.25, 0.3) is 0 Å². The van der Waals surface area contributed by atoms with Crippen LogP contribution in [-0.2, 0) is 9.59 Å². The fourth-order valence-corrected chi connectivity index (χ4v) is 0.838. The fraction of sp³-hybridized carbons (Fsp3) is 0.800. The third kappa shape index (κ3) is 11.3. The number of unbranched alkanes of at least 4 members (excludes halogenated alkanes) is 1. The summed E-state index contributed by atoms with van der Waals surface area (Å²) in [5, 5.41) is 24.9. The molecule has 3 atom stereocenters. The molecule has 9 N–H and O–H groups in total. The molecule has 0 rings (SSSR count). The summed E-state index contributed by atoms with van der Waals surface area (Å²) >= 11 is 0. The average Bonchev–Trinajstić information content (AvgIpc) is 2.28. The molecule has 0 aliphatic rings. The number of aliphatic hydroxyl groups excluding tert-OH is 1. The van der Waals surface area contributed by atoms with Gasteiger partial charge in [-0.1, -0.05) is 6.42 Å². The molecule has 0 saturated carbocycles. The lowest BCUT2D eigenvalue weighted by atomic mass is 10.1. The number of hydrogen-bond donors (Lipinski definition) is 6. The maximum absolute atomic E-state index is 10.1. The molecule has 8 nitrogen and oxygen atoms in total. The van der Waals surface area contributed by atoms with Crippen LogP contribution in [0.15, 0.2) is 0 Å². The molecule has 0 bridgehead atoms. The normalized spacial score (nSPS) is 14.9. The van der Waals surface area contributed by atoms with E-state index in [1.807, 2.05) is 0 Å². The summed E-state index contributed by atoms with van der Waals surface area (Å²) in [6.45, 7) is 1.94. The molecule has 0 aromatic rings. The molecule has 0 aliphatic carbocycles. The molecule has 0 heterocycles. The number of aliphatic carboxylic acids is 2. The Kier molecular flexibility index (Phi) is 11.6. The molecular formula is C10H23N3O5. The Morgan fingerprint density at radius 3 is 1.83 bits per heavy atom. The third-order valence-electron chi connectivity index (χ3n) is 2.09. The molecule has 18 heavy (non-hydrogen) atoms. The Labute approximate surface area is 106 Å². The number of carbonyl (C=O) groups is 2. The van der Waals surface area contributed by atoms with Crippen molar-refractivity contribution >= 4 is 11.9 Å². The van der Waals surface area contributed by atoms with E-state index in [1.54, 1.807) is 0 Å². The van der Waals surface area contributed by atoms with Crippen LogP contribution >= 0.6 is 0 Å². The molecular weight excluding hydrogens is 242 g/mol. The quantitative estimate of drug-likeness (QED) is 0.295. The van der Waals surface area contributed by atoms with Gasteiger partial charge in [-0.15, -0.1) is 0 Å². The van der Waals surface area contributed by atoms with E-state index in [-0.39, 0.29) is 0 Å². The molecule has 0 aromatic carbocycles. The highest BCUT2D eigenvalue weighted by atomic mass is 16.4. The van der Waals surface area contributed by atoms with Crippen LogP contribution in [0.5, 0.6) is 0 Å². The van der Waals surface area contributed by atoms with E-state index in [0.29, 0.717) is 13.0 Å². The zero-order chi connectivity index (χ0) is 14.7. The lowest BCUT2D eigenvalue weighted by molar-refractivity contribution is -0.141. The van der Waals surface area contributed by atoms with E-state index in [2.05, 4.69) is 0 Å². The molecule has 0 radical (unpaired) electrons. The second-order valence-corrected chi connectivity index (χ2v) is 3.83. The number of carboxylic acid groups (broad SMARTS) is 2. The molecule has 0 aromatic heterocycles. The second-order valence-electron chi connectivity index (χ2n) is 3.83. The lowest BCUT2D eigenvalue weighted by Gasteiger charge is -2.06. The van der Waals surface area contributed by atoms with E-state index in [9.17, 15) is 9.59 Å². The van der Waals surface area contributed by atoms with E-state index in [0.717, 1.165) is 12.8 Å². The van der Waals surface area contributed by atoms with E-state index in [1.165, 1.54) is 6.92 Å². The van der Waals surface area contributed by atoms with Gasteiger partial charge in [-0.25, -0.2) is 0 Å². The Bertz CT molecular complexity index is 248. The maximum Gasteiger partial charge on any atom is 0.323 e. The first-order chi connectivity index (χ1) is 8.23. The van der Waals surface area contributed by atoms with Gasteiger partial charge in [0.15, 0.2) is 0 Å². The highest BCUT2D eigenvalue weighted by Crippen LogP contribution is 1.96. The van der Waals surface area contributed by atoms with Crippen LogP contribution in [0.2, 0.25) is 0 Å². The summed E-state index contributed by atoms with van der Waals surface area (Å²) in [5.41, 5.74) is 15.3. The predicted octanol–water partition coefficient (Wildman–Crippen LogP) is -1.69. The summed E-state index contributed by atoms with van der Waals surface area (Å²) in [7, 11) is 0. The summed E-state index contributed by atoms with van der Waals surface area (Å²) in [5.74, 6) is -2.11. The van der Waals surface area contributed by atoms with Crippen molar-refractivity contribution in [3.8, 4) is 0 Å². The first-order valence-electron chi connectivity index (χ1n) is 5.58. The van der Waals surface area contributed by atoms with Crippen LogP contribution in [0.4, 0.5) is 0 Å². The average molecular weight is 265 g/mol. The van der Waals surface area contributed by atoms with Crippen LogP contribution in [-0.4, -0.2) is 52.0 Å². The highest BCUT2D eigenvalue weighted by Gasteiger charge is 2.16. The Morgan fingerprint density at radius 1 is 1.11 bits per heavy atom. The number of hydrogen-bond acceptors (Lipinski definition) is 6. The molecule has 0 saturated heterocycles. The summed E-state index contributed by atoms with van der Waals surface area (Å²) in [4.78, 5) is 20.0. The molecule has 0 fully saturated rings. The van der Waals surface area contributed by atoms with Gasteiger partial charge in [-0.2, -0.15) is 0 Å². The van der Waals surface area contributed by atoms with Gasteiger partial charge in [-0.3, -0.25) is 9.59 Å². The number of nitrogens with two attached hydrogens (primary N) is 3. The number of carboxylic acids is 2. The predicted molar refractivity (Wildman–Crippen MR) is 65.8 cm³/mol. The molecule has 108 valence electrons. The summed E-state index contributed by atoms with van der Waals surface area (Å²) in [6, 6.07) is -1.87. The summed E-state index contributed by atoms with van der Waals surface area (Å²) in [6.07, 6.45) is 1.18. The topological polar surface area (TPSA) is 173 Å². The first-order valence-corrected chi connectivity index (χ1v) is 5.58. The zero-order valence-corrected chi connectivity index (χ0v) is 10.5. The second kappa shape index (κ2) is 10.9. The van der Waals surface area contributed by atoms with E-state index >= 15 is 0 Å². The van der Waals surface area contributed by atoms with Crippen molar-refractivity contribution in [1.82, 2.24) is 0 Å². The van der Waals surface area contributed by atoms with Crippen molar-refractivity contribution < 1.29 is 24.9 Å². The minimum atomic E-state index is -1.18. The van der Waals surface area contributed by atoms with Gasteiger partial charge in [0.25, 0.3) is 0 Å². The zero-order valence-electron chi connectivity index (χ0n) is 10.5. The smallest absolute Gasteiger partial charge is 0.323 e. The largest absolute Gasteiger partial charge is 0.480 e. The van der Waals surface area contributed by atoms with Crippen molar-refractivity contribution in [2.24, 2.45) is 17.2 Å². The monoisotopic (exact) mass is 265 g/mol. The van der Waals surface area contributed by atoms with Crippen molar-refractivity contribution in [2.45, 2.75) is 44.4 Å². The van der Waals surface area contributed by atoms with Crippen molar-refractivity contribution in [1.29, 1.82) is 0 Å². The molecule has 0 amide bonds. The molecule has 8 heteroatoms. The van der Waals surface area contributed by atoms with Crippen LogP contribution in [0.1, 0.15) is 26.2 Å². The van der Waals surface area contributed by atoms with E-state index in [4.69, 9.17) is 32.5 Å². The van der Waals surface area contributed by atoms with Crippen LogP contribution in [0, 0.1) is 0 Å². The van der Waals surface area contributed by atoms with Gasteiger partial charge in [0.2, 0.25) is 0 Å². The van der Waals surface area contributed by atoms with Crippen LogP contribution in [0.3, 0.4) is 0 Å². The number of rotatable bonds is 7. The third-order valence-corrected chi connectivity index (χ3v) is 2.09. The van der Waals surface area contributed by atoms with Gasteiger partial charge in [0.1, 0.15) is 12.1 Å². The van der Waals surface area contributed by atoms with Gasteiger partial charge in [0, 0.05) is 0 Å². The van der Waals surface area contributed by atoms with Gasteiger partial charge in [0.05, 0.1) is 6.10 Å². The molecule has 0 unspecified atom stereocenters. The standard InChI is InChI=1S/C6H14N2O2.C4H9NO3/c7-4-2-1-3-5(8)6(9)10;1-2(6)3(5)4(7)8/h5H,1-4,7-8H2,(H,9,10);2-3,6H,5H2,1H3,(H,7,8)/t5-;2-,3+/m00/s1. The van der Waals surface area contributed by atoms with Crippen LogP contribution < -0.4 is 17.2 Å². The number of aliphatic hydroxyl groups is 1. The highest BCUT2D eigenvalue weighted by molar-refractivity contribution is 5.73. The Balaban J connectivity index is 0. The Hall–Kier alpha value is -1.22. The first kappa shape index (κ1) is 19.1. The molecule has 0 aliphatic heterocycles. The minimum absolute atomic E-state index is 0.520.